The van der Waals surface area contributed by atoms with Gasteiger partial charge in [-0.1, -0.05) is 13.3 Å². The Hall–Kier alpha value is -3.87. The van der Waals surface area contributed by atoms with E-state index in [2.05, 4.69) is 38.9 Å². The fourth-order valence-corrected chi connectivity index (χ4v) is 3.36. The third-order valence-corrected chi connectivity index (χ3v) is 5.09. The maximum atomic E-state index is 9.50. The minimum atomic E-state index is -0.293. The first-order valence-electron chi connectivity index (χ1n) is 10.7. The Morgan fingerprint density at radius 1 is 1.41 bits per heavy atom. The van der Waals surface area contributed by atoms with Gasteiger partial charge in [-0.3, -0.25) is 10.8 Å². The minimum absolute atomic E-state index is 0.190. The lowest BCUT2D eigenvalue weighted by Crippen LogP contribution is -2.24. The number of anilines is 4. The second kappa shape index (κ2) is 10.4. The Labute approximate surface area is 188 Å². The molecule has 10 nitrogen and oxygen atoms in total. The molecule has 0 spiro atoms. The molecule has 1 aromatic heterocycles. The molecule has 5 N–H and O–H groups in total. The summed E-state index contributed by atoms with van der Waals surface area (Å²) in [6.07, 6.45) is 3.14. The molecule has 3 rings (SSSR count). The van der Waals surface area contributed by atoms with Crippen LogP contribution >= 0.6 is 0 Å². The fourth-order valence-electron chi connectivity index (χ4n) is 3.36. The van der Waals surface area contributed by atoms with Crippen LogP contribution in [0.2, 0.25) is 0 Å². The van der Waals surface area contributed by atoms with E-state index in [9.17, 15) is 5.26 Å². The van der Waals surface area contributed by atoms with Crippen molar-refractivity contribution in [1.82, 2.24) is 14.9 Å². The number of rotatable bonds is 10. The summed E-state index contributed by atoms with van der Waals surface area (Å²) in [5.74, 6) is 2.15. The lowest BCUT2D eigenvalue weighted by atomic mass is 10.1. The Balaban J connectivity index is 1.94. The van der Waals surface area contributed by atoms with Crippen LogP contribution < -0.4 is 20.7 Å². The van der Waals surface area contributed by atoms with Gasteiger partial charge in [-0.15, -0.1) is 0 Å². The largest absolute Gasteiger partial charge is 0.492 e. The molecule has 1 aliphatic heterocycles. The zero-order valence-corrected chi connectivity index (χ0v) is 18.6. The van der Waals surface area contributed by atoms with Crippen LogP contribution in [0, 0.1) is 22.1 Å². The molecule has 1 aliphatic rings. The average molecular weight is 436 g/mol. The van der Waals surface area contributed by atoms with Crippen LogP contribution in [0.4, 0.5) is 23.3 Å². The molecule has 0 aliphatic carbocycles. The number of nitriles is 1. The maximum Gasteiger partial charge on any atom is 0.231 e. The number of hydrogen-bond acceptors (Lipinski definition) is 9. The lowest BCUT2D eigenvalue weighted by Gasteiger charge is -2.18. The molecule has 2 heterocycles. The van der Waals surface area contributed by atoms with Gasteiger partial charge in [0.25, 0.3) is 0 Å². The van der Waals surface area contributed by atoms with Crippen LogP contribution in [0.5, 0.6) is 5.75 Å². The first-order chi connectivity index (χ1) is 15.5. The van der Waals surface area contributed by atoms with Crippen molar-refractivity contribution in [3.05, 3.63) is 29.3 Å². The first-order valence-corrected chi connectivity index (χ1v) is 10.7. The maximum absolute atomic E-state index is 9.50. The van der Waals surface area contributed by atoms with Gasteiger partial charge in [0, 0.05) is 25.7 Å². The molecule has 0 bridgehead atoms. The van der Waals surface area contributed by atoms with Crippen molar-refractivity contribution >= 4 is 35.4 Å². The summed E-state index contributed by atoms with van der Waals surface area (Å²) < 4.78 is 5.79. The van der Waals surface area contributed by atoms with Crippen molar-refractivity contribution in [2.75, 3.05) is 42.7 Å². The standard InChI is InChI=1S/C22H29N9O/c1-4-6-9-26-20-18-15(11-23)12-27-21(18)30-22(29-20)28-16-8-7-14(10-17(16)32-5-2)19(25)31(3)13-24/h7-8,10,13,15,24-25H,4-6,9,12H2,1-3H3,(H3,26,27,28,29,30). The summed E-state index contributed by atoms with van der Waals surface area (Å²) in [7, 11) is 1.65. The van der Waals surface area contributed by atoms with Gasteiger partial charge in [-0.05, 0) is 31.5 Å². The molecule has 32 heavy (non-hydrogen) atoms. The van der Waals surface area contributed by atoms with Gasteiger partial charge in [0.05, 0.1) is 36.2 Å². The summed E-state index contributed by atoms with van der Waals surface area (Å²) in [6, 6.07) is 7.66. The number of unbranched alkanes of at least 4 members (excludes halogenated alkanes) is 1. The highest BCUT2D eigenvalue weighted by molar-refractivity contribution is 6.02. The molecule has 0 amide bonds. The summed E-state index contributed by atoms with van der Waals surface area (Å²) in [5.41, 5.74) is 2.09. The van der Waals surface area contributed by atoms with Crippen molar-refractivity contribution in [2.24, 2.45) is 0 Å². The van der Waals surface area contributed by atoms with E-state index in [-0.39, 0.29) is 11.8 Å². The number of aromatic nitrogens is 2. The van der Waals surface area contributed by atoms with E-state index in [4.69, 9.17) is 15.6 Å². The van der Waals surface area contributed by atoms with E-state index < -0.39 is 0 Å². The van der Waals surface area contributed by atoms with E-state index in [0.717, 1.165) is 31.3 Å². The highest BCUT2D eigenvalue weighted by Crippen LogP contribution is 2.37. The highest BCUT2D eigenvalue weighted by Gasteiger charge is 2.28. The van der Waals surface area contributed by atoms with Gasteiger partial charge in [0.2, 0.25) is 5.95 Å². The van der Waals surface area contributed by atoms with Crippen molar-refractivity contribution in [3.8, 4) is 11.8 Å². The van der Waals surface area contributed by atoms with Crippen LogP contribution in [-0.2, 0) is 0 Å². The Bertz CT molecular complexity index is 1030. The summed E-state index contributed by atoms with van der Waals surface area (Å²) >= 11 is 0. The molecule has 1 aromatic carbocycles. The number of nitrogens with one attached hydrogen (secondary N) is 5. The van der Waals surface area contributed by atoms with E-state index in [1.807, 2.05) is 6.92 Å². The molecular weight excluding hydrogens is 406 g/mol. The topological polar surface area (TPSA) is 146 Å². The predicted octanol–water partition coefficient (Wildman–Crippen LogP) is 3.73. The van der Waals surface area contributed by atoms with Crippen LogP contribution in [-0.4, -0.2) is 53.8 Å². The number of benzene rings is 1. The SMILES string of the molecule is CCCCNc1nc(Nc2ccc(C(=N)N(C)C=N)cc2OCC)nc2c1C(C#N)CN2. The molecular formula is C22H29N9O. The van der Waals surface area contributed by atoms with Crippen molar-refractivity contribution in [1.29, 1.82) is 16.1 Å². The molecule has 10 heteroatoms. The monoisotopic (exact) mass is 435 g/mol. The van der Waals surface area contributed by atoms with E-state index in [1.54, 1.807) is 25.2 Å². The molecule has 0 saturated carbocycles. The summed E-state index contributed by atoms with van der Waals surface area (Å²) in [5, 5.41) is 34.8. The second-order valence-corrected chi connectivity index (χ2v) is 7.36. The van der Waals surface area contributed by atoms with Crippen molar-refractivity contribution in [2.45, 2.75) is 32.6 Å². The first kappa shape index (κ1) is 22.8. The third kappa shape index (κ3) is 4.88. The van der Waals surface area contributed by atoms with Crippen molar-refractivity contribution in [3.63, 3.8) is 0 Å². The van der Waals surface area contributed by atoms with Gasteiger partial charge < -0.3 is 25.6 Å². The normalized spacial score (nSPS) is 14.0. The predicted molar refractivity (Wildman–Crippen MR) is 127 cm³/mol. The van der Waals surface area contributed by atoms with E-state index >= 15 is 0 Å². The Morgan fingerprint density at radius 2 is 2.22 bits per heavy atom. The minimum Gasteiger partial charge on any atom is -0.492 e. The van der Waals surface area contributed by atoms with Crippen LogP contribution in [0.3, 0.4) is 0 Å². The average Bonchev–Trinajstić information content (AvgIpc) is 3.22. The highest BCUT2D eigenvalue weighted by atomic mass is 16.5. The third-order valence-electron chi connectivity index (χ3n) is 5.09. The number of nitrogens with zero attached hydrogens (tertiary/aromatic N) is 4. The number of fused-ring (bicyclic) bond motifs is 1. The van der Waals surface area contributed by atoms with Gasteiger partial charge >= 0.3 is 0 Å². The molecule has 0 radical (unpaired) electrons. The Kier molecular flexibility index (Phi) is 7.44. The van der Waals surface area contributed by atoms with Gasteiger partial charge in [-0.2, -0.15) is 15.2 Å². The molecule has 2 aromatic rings. The second-order valence-electron chi connectivity index (χ2n) is 7.36. The molecule has 168 valence electrons. The van der Waals surface area contributed by atoms with E-state index in [1.165, 1.54) is 4.90 Å². The van der Waals surface area contributed by atoms with Crippen LogP contribution in [0.25, 0.3) is 0 Å². The zero-order valence-electron chi connectivity index (χ0n) is 18.6. The van der Waals surface area contributed by atoms with Gasteiger partial charge in [0.1, 0.15) is 23.2 Å². The number of amidine groups is 1. The summed E-state index contributed by atoms with van der Waals surface area (Å²) in [4.78, 5) is 10.6. The van der Waals surface area contributed by atoms with Crippen LogP contribution in [0.1, 0.15) is 43.7 Å². The smallest absolute Gasteiger partial charge is 0.231 e. The van der Waals surface area contributed by atoms with Gasteiger partial charge in [0.15, 0.2) is 0 Å². The fraction of sp³-hybridized carbons (Fsp3) is 0.409. The van der Waals surface area contributed by atoms with E-state index in [0.29, 0.717) is 47.7 Å². The number of ether oxygens (including phenoxy) is 1. The quantitative estimate of drug-likeness (QED) is 0.216. The summed E-state index contributed by atoms with van der Waals surface area (Å²) in [6.45, 7) is 5.73. The molecule has 1 unspecified atom stereocenters. The molecule has 0 fully saturated rings. The van der Waals surface area contributed by atoms with Crippen LogP contribution in [0.15, 0.2) is 18.2 Å². The lowest BCUT2D eigenvalue weighted by molar-refractivity contribution is 0.342. The van der Waals surface area contributed by atoms with Gasteiger partial charge in [-0.25, -0.2) is 0 Å². The zero-order chi connectivity index (χ0) is 23.1. The Morgan fingerprint density at radius 3 is 2.91 bits per heavy atom. The van der Waals surface area contributed by atoms with Crippen molar-refractivity contribution < 1.29 is 4.74 Å². The molecule has 0 saturated heterocycles. The number of hydrogen-bond donors (Lipinski definition) is 5. The molecule has 1 atom stereocenters.